The number of anilines is 2. The zero-order valence-corrected chi connectivity index (χ0v) is 68.4. The molecule has 26 nitrogen and oxygen atoms in total. The molecule has 2 spiro atoms. The van der Waals surface area contributed by atoms with Crippen molar-refractivity contribution in [3.05, 3.63) is 164 Å². The first-order valence-electron chi connectivity index (χ1n) is 38.4. The number of nitrogens with one attached hydrogen (secondary N) is 2. The Balaban J connectivity index is 0.000000196. The van der Waals surface area contributed by atoms with Crippen molar-refractivity contribution in [2.45, 2.75) is 126 Å². The summed E-state index contributed by atoms with van der Waals surface area (Å²) >= 11 is 12.9. The van der Waals surface area contributed by atoms with Crippen LogP contribution in [0.5, 0.6) is 23.3 Å². The zero-order chi connectivity index (χ0) is 80.0. The standard InChI is InChI=1S/2C41H51ClN6O7S/c2*1-26-8-6-17-41(52,20-36(49)46(2)3)33-13-10-29(33)21-48-24-40(16-7-9-27-18-30(42)12-14-32(27)40)25-55-35-15-11-28(19-34(35)48)37(50)44-56(53,23-26)45-38(51)31-22-47(4)43-39(31)54-5/h2*6,11-12,14-15,17-19,22,26,29,33,52H,7-10,13,16,20-21,23-25H2,1-5H3,(H,44,45,50,51,53)/b2*17-6+/t26-,29-,33+,40-,41+,56?;26-,29-,33+,40-,41-,56?/m00/s1. The lowest BCUT2D eigenvalue weighted by Gasteiger charge is -2.49. The Morgan fingerprint density at radius 3 is 1.37 bits per heavy atom. The Hall–Kier alpha value is -8.80. The van der Waals surface area contributed by atoms with E-state index in [4.69, 9.17) is 42.1 Å². The van der Waals surface area contributed by atoms with Gasteiger partial charge in [0.15, 0.2) is 0 Å². The summed E-state index contributed by atoms with van der Waals surface area (Å²) in [5.74, 6) is -3.48. The van der Waals surface area contributed by atoms with E-state index in [0.717, 1.165) is 64.2 Å². The molecule has 112 heavy (non-hydrogen) atoms. The van der Waals surface area contributed by atoms with Gasteiger partial charge in [-0.2, -0.15) is 0 Å². The largest absolute Gasteiger partial charge is 0.490 e. The predicted molar refractivity (Wildman–Crippen MR) is 429 cm³/mol. The second-order valence-electron chi connectivity index (χ2n) is 32.6. The first-order valence-corrected chi connectivity index (χ1v) is 42.5. The molecule has 4 aliphatic heterocycles. The van der Waals surface area contributed by atoms with Gasteiger partial charge in [0.25, 0.3) is 23.6 Å². The molecule has 6 aromatic rings. The topological polar surface area (TPSA) is 311 Å². The van der Waals surface area contributed by atoms with Crippen LogP contribution >= 0.6 is 23.2 Å². The fourth-order valence-corrected chi connectivity index (χ4v) is 22.0. The maximum Gasteiger partial charge on any atom is 0.286 e. The lowest BCUT2D eigenvalue weighted by Crippen LogP contribution is -2.53. The van der Waals surface area contributed by atoms with E-state index in [-0.39, 0.29) is 117 Å². The average molecular weight is 1610 g/mol. The van der Waals surface area contributed by atoms with Crippen molar-refractivity contribution >= 4 is 89.8 Å². The number of ether oxygens (including phenoxy) is 4. The van der Waals surface area contributed by atoms with Gasteiger partial charge < -0.3 is 48.8 Å². The zero-order valence-electron chi connectivity index (χ0n) is 65.3. The molecule has 14 rings (SSSR count). The summed E-state index contributed by atoms with van der Waals surface area (Å²) in [4.78, 5) is 89.4. The van der Waals surface area contributed by atoms with Crippen molar-refractivity contribution in [2.24, 2.45) is 58.3 Å². The molecule has 0 saturated heterocycles. The molecule has 12 atom stereocenters. The van der Waals surface area contributed by atoms with E-state index in [0.29, 0.717) is 85.2 Å². The van der Waals surface area contributed by atoms with Gasteiger partial charge in [0.05, 0.1) is 74.4 Å². The number of amides is 6. The minimum atomic E-state index is -3.73. The summed E-state index contributed by atoms with van der Waals surface area (Å²) in [6.07, 6.45) is 19.2. The molecule has 30 heteroatoms. The summed E-state index contributed by atoms with van der Waals surface area (Å²) < 4.78 is 69.7. The quantitative estimate of drug-likeness (QED) is 0.0926. The van der Waals surface area contributed by atoms with E-state index < -0.39 is 54.7 Å². The van der Waals surface area contributed by atoms with Crippen LogP contribution in [0.4, 0.5) is 11.4 Å². The van der Waals surface area contributed by atoms with Crippen LogP contribution in [0.3, 0.4) is 0 Å². The van der Waals surface area contributed by atoms with Gasteiger partial charge in [0.2, 0.25) is 23.6 Å². The van der Waals surface area contributed by atoms with Gasteiger partial charge in [0.1, 0.15) is 42.5 Å². The molecule has 600 valence electrons. The number of carbonyl (C=O) groups excluding carboxylic acids is 6. The molecule has 6 amide bonds. The van der Waals surface area contributed by atoms with E-state index in [1.54, 1.807) is 90.8 Å². The first-order chi connectivity index (χ1) is 53.2. The fourth-order valence-electron chi connectivity index (χ4n) is 17.8. The fraction of sp³-hybridized carbons (Fsp3) is 0.512. The van der Waals surface area contributed by atoms with Gasteiger partial charge >= 0.3 is 0 Å². The van der Waals surface area contributed by atoms with E-state index >= 15 is 0 Å². The van der Waals surface area contributed by atoms with E-state index in [1.807, 2.05) is 50.3 Å². The molecule has 4 aliphatic carbocycles. The van der Waals surface area contributed by atoms with Gasteiger partial charge in [-0.3, -0.25) is 47.6 Å². The number of aliphatic hydroxyl groups is 2. The number of halogens is 2. The summed E-state index contributed by atoms with van der Waals surface area (Å²) in [5.41, 5.74) is 2.99. The number of carbonyl (C=O) groups is 6. The molecular formula is C82H102Cl2N12O14S2. The van der Waals surface area contributed by atoms with Crippen molar-refractivity contribution in [3.63, 3.8) is 0 Å². The Morgan fingerprint density at radius 2 is 1.00 bits per heavy atom. The Bertz CT molecular complexity index is 4700. The minimum absolute atomic E-state index is 0.0312. The number of aromatic nitrogens is 4. The third kappa shape index (κ3) is 17.2. The lowest BCUT2D eigenvalue weighted by atomic mass is 9.63. The normalized spacial score (nSPS) is 29.4. The number of nitrogens with zero attached hydrogens (tertiary/aromatic N) is 10. The summed E-state index contributed by atoms with van der Waals surface area (Å²) in [5, 5.41) is 34.5. The number of benzene rings is 4. The molecule has 4 N–H and O–H groups in total. The maximum absolute atomic E-state index is 14.7. The molecular weight excluding hydrogens is 1510 g/mol. The van der Waals surface area contributed by atoms with Crippen LogP contribution in [0.2, 0.25) is 10.0 Å². The number of aryl methyl sites for hydroxylation is 4. The lowest BCUT2D eigenvalue weighted by molar-refractivity contribution is -0.138. The highest BCUT2D eigenvalue weighted by molar-refractivity contribution is 7.92. The van der Waals surface area contributed by atoms with Crippen LogP contribution < -0.4 is 38.2 Å². The van der Waals surface area contributed by atoms with E-state index in [9.17, 15) is 47.4 Å². The number of hydrogen-bond donors (Lipinski definition) is 4. The van der Waals surface area contributed by atoms with Crippen LogP contribution in [0.25, 0.3) is 0 Å². The van der Waals surface area contributed by atoms with Crippen molar-refractivity contribution in [1.82, 2.24) is 38.8 Å². The molecule has 2 unspecified atom stereocenters. The Kier molecular flexibility index (Phi) is 23.6. The molecule has 2 fully saturated rings. The Labute approximate surface area is 665 Å². The Morgan fingerprint density at radius 1 is 0.598 bits per heavy atom. The van der Waals surface area contributed by atoms with Gasteiger partial charge in [-0.1, -0.05) is 73.5 Å². The maximum atomic E-state index is 14.7. The van der Waals surface area contributed by atoms with Gasteiger partial charge in [-0.15, -0.1) is 18.9 Å². The predicted octanol–water partition coefficient (Wildman–Crippen LogP) is 10.7. The summed E-state index contributed by atoms with van der Waals surface area (Å²) in [6, 6.07) is 22.4. The van der Waals surface area contributed by atoms with Crippen LogP contribution in [0, 0.1) is 35.5 Å². The second kappa shape index (κ2) is 32.6. The molecule has 4 aromatic carbocycles. The van der Waals surface area contributed by atoms with Gasteiger partial charge in [-0.05, 0) is 195 Å². The van der Waals surface area contributed by atoms with Gasteiger partial charge in [-0.25, -0.2) is 8.42 Å². The number of methoxy groups -OCH3 is 2. The highest BCUT2D eigenvalue weighted by Gasteiger charge is 2.52. The van der Waals surface area contributed by atoms with E-state index in [2.05, 4.69) is 50.3 Å². The van der Waals surface area contributed by atoms with Crippen molar-refractivity contribution in [1.29, 1.82) is 0 Å². The number of fused-ring (bicyclic) bond motifs is 8. The minimum Gasteiger partial charge on any atom is -0.490 e. The number of hydrogen-bond acceptors (Lipinski definition) is 18. The molecule has 4 bridgehead atoms. The molecule has 0 radical (unpaired) electrons. The summed E-state index contributed by atoms with van der Waals surface area (Å²) in [6.45, 7) is 6.75. The average Bonchev–Trinajstić information content (AvgIpc) is 1.46. The van der Waals surface area contributed by atoms with E-state index in [1.165, 1.54) is 68.0 Å². The van der Waals surface area contributed by atoms with Gasteiger partial charge in [0, 0.05) is 113 Å². The van der Waals surface area contributed by atoms with Crippen LogP contribution in [-0.4, -0.2) is 188 Å². The summed E-state index contributed by atoms with van der Waals surface area (Å²) in [7, 11) is 5.29. The smallest absolute Gasteiger partial charge is 0.286 e. The molecule has 2 aromatic heterocycles. The number of rotatable bonds is 10. The highest BCUT2D eigenvalue weighted by Crippen LogP contribution is 2.52. The monoisotopic (exact) mass is 1610 g/mol. The first kappa shape index (κ1) is 81.2. The molecule has 6 heterocycles. The molecule has 8 aliphatic rings. The SMILES string of the molecule is COc1nn(C)cc1C(=O)NS1(=O)=NC(=O)c2ccc3c(c2)N(C[C@@H]2CC[C@H]2[C@@](O)(CC(=O)N(C)C)/C=C/C[C@H](C)C1)C[C@@]1(CCCc2cc(Cl)ccc21)CO3.COc1nn(C)cc1C(=O)NS1(=O)=NC(=O)c2ccc3c(c2)N(C[C@@H]2CC[C@H]2[C@](O)(CC(=O)N(C)C)/C=C/C[C@H](C)C1)C[C@@]1(CCCc2cc(Cl)ccc21)CO3. The second-order valence-corrected chi connectivity index (χ2v) is 37.5. The van der Waals surface area contributed by atoms with Crippen molar-refractivity contribution in [2.75, 3.05) is 103 Å². The third-order valence-corrected chi connectivity index (χ3v) is 28.2. The van der Waals surface area contributed by atoms with Crippen molar-refractivity contribution < 1.29 is 66.3 Å². The highest BCUT2D eigenvalue weighted by atomic mass is 35.5. The molecule has 2 saturated carbocycles. The van der Waals surface area contributed by atoms with Crippen LogP contribution in [-0.2, 0) is 67.2 Å². The number of allylic oxidation sites excluding steroid dienone is 2. The van der Waals surface area contributed by atoms with Crippen LogP contribution in [0.1, 0.15) is 155 Å². The van der Waals surface area contributed by atoms with Crippen molar-refractivity contribution in [3.8, 4) is 23.3 Å². The van der Waals surface area contributed by atoms with Crippen LogP contribution in [0.15, 0.2) is 118 Å². The third-order valence-electron chi connectivity index (χ3n) is 23.8.